The first kappa shape index (κ1) is 11.0. The summed E-state index contributed by atoms with van der Waals surface area (Å²) in [6, 6.07) is 1.58. The first-order valence-corrected chi connectivity index (χ1v) is 5.33. The van der Waals surface area contributed by atoms with Crippen molar-refractivity contribution in [3.05, 3.63) is 21.4 Å². The molecule has 1 heterocycles. The highest BCUT2D eigenvalue weighted by Crippen LogP contribution is 2.42. The smallest absolute Gasteiger partial charge is 0.169 e. The molecule has 0 spiro atoms. The fourth-order valence-electron chi connectivity index (χ4n) is 1.08. The van der Waals surface area contributed by atoms with Crippen molar-refractivity contribution in [1.82, 2.24) is 0 Å². The molecule has 0 saturated carbocycles. The molecule has 0 aliphatic carbocycles. The van der Waals surface area contributed by atoms with Gasteiger partial charge in [0.15, 0.2) is 0 Å². The topological polar surface area (TPSA) is 0 Å². The Morgan fingerprint density at radius 1 is 1.38 bits per heavy atom. The molecule has 0 fully saturated rings. The van der Waals surface area contributed by atoms with Gasteiger partial charge in [0.05, 0.1) is 0 Å². The Morgan fingerprint density at radius 2 is 1.92 bits per heavy atom. The van der Waals surface area contributed by atoms with E-state index in [1.807, 2.05) is 0 Å². The number of aryl methyl sites for hydroxylation is 2. The molecule has 0 amide bonds. The molecule has 1 atom stereocenters. The average Bonchev–Trinajstić information content (AvgIpc) is 2.26. The van der Waals surface area contributed by atoms with E-state index in [0.717, 1.165) is 9.75 Å². The summed E-state index contributed by atoms with van der Waals surface area (Å²) in [5, 5.41) is 0. The Labute approximate surface area is 86.9 Å². The van der Waals surface area contributed by atoms with Gasteiger partial charge in [-0.2, -0.15) is 13.2 Å². The second kappa shape index (κ2) is 3.61. The van der Waals surface area contributed by atoms with Crippen LogP contribution in [0.3, 0.4) is 0 Å². The maximum Gasteiger partial charge on any atom is 0.405 e. The zero-order valence-corrected chi connectivity index (χ0v) is 9.48. The van der Waals surface area contributed by atoms with Gasteiger partial charge in [-0.1, -0.05) is 15.9 Å². The molecule has 0 N–H and O–H groups in total. The predicted molar refractivity (Wildman–Crippen MR) is 51.5 cm³/mol. The molecule has 0 radical (unpaired) electrons. The lowest BCUT2D eigenvalue weighted by molar-refractivity contribution is -0.128. The number of hydrogen-bond acceptors (Lipinski definition) is 1. The van der Waals surface area contributed by atoms with E-state index < -0.39 is 11.0 Å². The third-order valence-electron chi connectivity index (χ3n) is 1.64. The van der Waals surface area contributed by atoms with Crippen LogP contribution in [0.5, 0.6) is 0 Å². The first-order chi connectivity index (χ1) is 5.82. The van der Waals surface area contributed by atoms with Crippen molar-refractivity contribution in [1.29, 1.82) is 0 Å². The van der Waals surface area contributed by atoms with Gasteiger partial charge in [-0.3, -0.25) is 0 Å². The summed E-state index contributed by atoms with van der Waals surface area (Å²) in [6.07, 6.45) is -4.21. The van der Waals surface area contributed by atoms with Crippen LogP contribution in [0.15, 0.2) is 6.07 Å². The molecule has 1 rings (SSSR count). The Balaban J connectivity index is 3.01. The van der Waals surface area contributed by atoms with Gasteiger partial charge in [-0.05, 0) is 25.5 Å². The summed E-state index contributed by atoms with van der Waals surface area (Å²) >= 11 is 4.04. The standard InChI is InChI=1S/C8H8BrF3S/c1-4-3-6(5(2)13-4)7(9)8(10,11)12/h3,7H,1-2H3. The van der Waals surface area contributed by atoms with Gasteiger partial charge in [0.1, 0.15) is 4.83 Å². The van der Waals surface area contributed by atoms with Crippen LogP contribution in [0.1, 0.15) is 20.1 Å². The minimum atomic E-state index is -4.21. The van der Waals surface area contributed by atoms with E-state index >= 15 is 0 Å². The average molecular weight is 273 g/mol. The highest BCUT2D eigenvalue weighted by Gasteiger charge is 2.39. The molecule has 74 valence electrons. The van der Waals surface area contributed by atoms with Crippen LogP contribution in [0.2, 0.25) is 0 Å². The van der Waals surface area contributed by atoms with Crippen molar-refractivity contribution in [2.75, 3.05) is 0 Å². The van der Waals surface area contributed by atoms with Crippen molar-refractivity contribution < 1.29 is 13.2 Å². The van der Waals surface area contributed by atoms with Crippen molar-refractivity contribution in [2.45, 2.75) is 24.9 Å². The van der Waals surface area contributed by atoms with Crippen molar-refractivity contribution >= 4 is 27.3 Å². The molecule has 1 unspecified atom stereocenters. The Kier molecular flexibility index (Phi) is 3.07. The second-order valence-electron chi connectivity index (χ2n) is 2.77. The van der Waals surface area contributed by atoms with Gasteiger partial charge in [0, 0.05) is 9.75 Å². The van der Waals surface area contributed by atoms with Crippen LogP contribution in [0.4, 0.5) is 13.2 Å². The van der Waals surface area contributed by atoms with E-state index in [0.29, 0.717) is 5.56 Å². The van der Waals surface area contributed by atoms with E-state index in [4.69, 9.17) is 0 Å². The SMILES string of the molecule is Cc1cc(C(Br)C(F)(F)F)c(C)s1. The molecule has 0 saturated heterocycles. The number of alkyl halides is 4. The Hall–Kier alpha value is -0.0300. The van der Waals surface area contributed by atoms with Crippen LogP contribution < -0.4 is 0 Å². The van der Waals surface area contributed by atoms with Gasteiger partial charge in [0.2, 0.25) is 0 Å². The van der Waals surface area contributed by atoms with Crippen LogP contribution in [0.25, 0.3) is 0 Å². The molecule has 0 aliphatic heterocycles. The Morgan fingerprint density at radius 3 is 2.23 bits per heavy atom. The fraction of sp³-hybridized carbons (Fsp3) is 0.500. The maximum absolute atomic E-state index is 12.3. The lowest BCUT2D eigenvalue weighted by Gasteiger charge is -2.13. The normalized spacial score (nSPS) is 14.6. The van der Waals surface area contributed by atoms with E-state index in [9.17, 15) is 13.2 Å². The van der Waals surface area contributed by atoms with Crippen LogP contribution >= 0.6 is 27.3 Å². The van der Waals surface area contributed by atoms with Crippen molar-refractivity contribution in [3.8, 4) is 0 Å². The zero-order valence-electron chi connectivity index (χ0n) is 7.07. The quantitative estimate of drug-likeness (QED) is 0.667. The molecule has 1 aromatic rings. The van der Waals surface area contributed by atoms with Gasteiger partial charge < -0.3 is 0 Å². The van der Waals surface area contributed by atoms with E-state index in [1.165, 1.54) is 11.3 Å². The molecular weight excluding hydrogens is 265 g/mol. The van der Waals surface area contributed by atoms with Crippen molar-refractivity contribution in [2.24, 2.45) is 0 Å². The molecule has 0 bridgehead atoms. The van der Waals surface area contributed by atoms with Crippen LogP contribution in [0, 0.1) is 13.8 Å². The Bertz CT molecular complexity index is 303. The first-order valence-electron chi connectivity index (χ1n) is 3.60. The minimum absolute atomic E-state index is 0.329. The van der Waals surface area contributed by atoms with Gasteiger partial charge in [-0.15, -0.1) is 11.3 Å². The van der Waals surface area contributed by atoms with E-state index in [-0.39, 0.29) is 0 Å². The van der Waals surface area contributed by atoms with Gasteiger partial charge >= 0.3 is 6.18 Å². The zero-order chi connectivity index (χ0) is 10.2. The summed E-state index contributed by atoms with van der Waals surface area (Å²) in [5.74, 6) is 0. The highest BCUT2D eigenvalue weighted by atomic mass is 79.9. The van der Waals surface area contributed by atoms with Gasteiger partial charge in [-0.25, -0.2) is 0 Å². The second-order valence-corrected chi connectivity index (χ2v) is 5.15. The summed E-state index contributed by atoms with van der Waals surface area (Å²) in [7, 11) is 0. The lowest BCUT2D eigenvalue weighted by Crippen LogP contribution is -2.15. The summed E-state index contributed by atoms with van der Waals surface area (Å²) in [5.41, 5.74) is 0.329. The largest absolute Gasteiger partial charge is 0.405 e. The van der Waals surface area contributed by atoms with E-state index in [1.54, 1.807) is 19.9 Å². The van der Waals surface area contributed by atoms with E-state index in [2.05, 4.69) is 15.9 Å². The molecule has 0 aromatic carbocycles. The summed E-state index contributed by atoms with van der Waals surface area (Å²) in [4.78, 5) is 0.0860. The molecule has 5 heteroatoms. The molecule has 0 aliphatic rings. The molecule has 1 aromatic heterocycles. The van der Waals surface area contributed by atoms with Crippen LogP contribution in [-0.2, 0) is 0 Å². The maximum atomic E-state index is 12.3. The number of hydrogen-bond donors (Lipinski definition) is 0. The summed E-state index contributed by atoms with van der Waals surface area (Å²) < 4.78 is 36.8. The molecular formula is C8H8BrF3S. The number of thiophene rings is 1. The predicted octanol–water partition coefficient (Wildman–Crippen LogP) is 4.36. The minimum Gasteiger partial charge on any atom is -0.169 e. The van der Waals surface area contributed by atoms with Gasteiger partial charge in [0.25, 0.3) is 0 Å². The molecule has 0 nitrogen and oxygen atoms in total. The van der Waals surface area contributed by atoms with Crippen molar-refractivity contribution in [3.63, 3.8) is 0 Å². The highest BCUT2D eigenvalue weighted by molar-refractivity contribution is 9.09. The lowest BCUT2D eigenvalue weighted by atomic mass is 10.2. The third kappa shape index (κ3) is 2.47. The number of halogens is 4. The fourth-order valence-corrected chi connectivity index (χ4v) is 2.67. The van der Waals surface area contributed by atoms with Crippen LogP contribution in [-0.4, -0.2) is 6.18 Å². The summed E-state index contributed by atoms with van der Waals surface area (Å²) in [6.45, 7) is 3.50. The molecule has 13 heavy (non-hydrogen) atoms. The monoisotopic (exact) mass is 272 g/mol. The third-order valence-corrected chi connectivity index (χ3v) is 3.63. The number of rotatable bonds is 1.